The molecule has 2 aliphatic rings. The third-order valence-electron chi connectivity index (χ3n) is 6.31. The van der Waals surface area contributed by atoms with Crippen LogP contribution in [0.4, 0.5) is 26.3 Å². The zero-order valence-corrected chi connectivity index (χ0v) is 18.4. The van der Waals surface area contributed by atoms with Gasteiger partial charge in [-0.05, 0) is 56.9 Å². The van der Waals surface area contributed by atoms with Crippen molar-refractivity contribution in [1.82, 2.24) is 4.90 Å². The molecule has 178 valence electrons. The molecule has 11 heteroatoms. The predicted molar refractivity (Wildman–Crippen MR) is 108 cm³/mol. The van der Waals surface area contributed by atoms with Crippen LogP contribution in [-0.4, -0.2) is 49.7 Å². The minimum Gasteiger partial charge on any atom is -0.357 e. The molecule has 1 aromatic carbocycles. The third kappa shape index (κ3) is 4.82. The number of amidine groups is 1. The van der Waals surface area contributed by atoms with Crippen molar-refractivity contribution in [3.63, 3.8) is 0 Å². The molecule has 0 aromatic heterocycles. The second-order valence-electron chi connectivity index (χ2n) is 8.60. The number of rotatable bonds is 3. The highest BCUT2D eigenvalue weighted by Gasteiger charge is 2.45. The van der Waals surface area contributed by atoms with Gasteiger partial charge in [0.2, 0.25) is 0 Å². The molecule has 0 saturated carbocycles. The molecule has 0 radical (unpaired) electrons. The van der Waals surface area contributed by atoms with Gasteiger partial charge in [0.25, 0.3) is 0 Å². The summed E-state index contributed by atoms with van der Waals surface area (Å²) in [6.45, 7) is 3.42. The van der Waals surface area contributed by atoms with Gasteiger partial charge in [-0.3, -0.25) is 4.99 Å². The van der Waals surface area contributed by atoms with E-state index in [4.69, 9.17) is 0 Å². The molecule has 0 aliphatic carbocycles. The van der Waals surface area contributed by atoms with Crippen LogP contribution in [-0.2, 0) is 16.0 Å². The molecule has 3 rings (SSSR count). The van der Waals surface area contributed by atoms with Gasteiger partial charge in [0.05, 0.1) is 27.7 Å². The van der Waals surface area contributed by atoms with Gasteiger partial charge >= 0.3 is 12.4 Å². The number of hydrogen-bond donors (Lipinski definition) is 0. The van der Waals surface area contributed by atoms with Gasteiger partial charge in [-0.2, -0.15) is 26.3 Å². The Kier molecular flexibility index (Phi) is 6.45. The molecule has 1 aromatic rings. The Morgan fingerprint density at radius 2 is 1.66 bits per heavy atom. The molecule has 0 amide bonds. The number of nitrogens with zero attached hydrogens (tertiary/aromatic N) is 2. The van der Waals surface area contributed by atoms with Crippen LogP contribution in [0.15, 0.2) is 46.3 Å². The van der Waals surface area contributed by atoms with Crippen LogP contribution in [0.1, 0.15) is 32.3 Å². The van der Waals surface area contributed by atoms with Crippen LogP contribution in [0.25, 0.3) is 0 Å². The maximum absolute atomic E-state index is 13.2. The zero-order valence-electron chi connectivity index (χ0n) is 17.5. The van der Waals surface area contributed by atoms with Crippen LogP contribution >= 0.6 is 0 Å². The smallest absolute Gasteiger partial charge is 0.357 e. The maximum atomic E-state index is 13.2. The van der Waals surface area contributed by atoms with E-state index in [-0.39, 0.29) is 17.4 Å². The number of dihydropyridines is 1. The molecule has 1 atom stereocenters. The monoisotopic (exact) mass is 482 g/mol. The largest absolute Gasteiger partial charge is 0.416 e. The summed E-state index contributed by atoms with van der Waals surface area (Å²) in [5, 5.41) is 0. The van der Waals surface area contributed by atoms with Crippen molar-refractivity contribution < 1.29 is 34.8 Å². The first-order valence-electron chi connectivity index (χ1n) is 10.1. The van der Waals surface area contributed by atoms with E-state index in [9.17, 15) is 34.8 Å². The highest BCUT2D eigenvalue weighted by molar-refractivity contribution is 7.92. The predicted octanol–water partition coefficient (Wildman–Crippen LogP) is 5.12. The molecule has 1 fully saturated rings. The molecule has 1 unspecified atom stereocenters. The third-order valence-corrected chi connectivity index (χ3v) is 8.91. The van der Waals surface area contributed by atoms with E-state index < -0.39 is 38.4 Å². The van der Waals surface area contributed by atoms with Crippen LogP contribution in [0.2, 0.25) is 0 Å². The van der Waals surface area contributed by atoms with Crippen LogP contribution in [0.5, 0.6) is 0 Å². The highest BCUT2D eigenvalue weighted by atomic mass is 32.2. The first kappa shape index (κ1) is 24.6. The van der Waals surface area contributed by atoms with Gasteiger partial charge in [-0.25, -0.2) is 8.42 Å². The van der Waals surface area contributed by atoms with Gasteiger partial charge in [-0.1, -0.05) is 12.1 Å². The normalized spacial score (nSPS) is 21.6. The average Bonchev–Trinajstić information content (AvgIpc) is 2.72. The molecule has 4 nitrogen and oxygen atoms in total. The van der Waals surface area contributed by atoms with E-state index in [2.05, 4.69) is 4.99 Å². The second-order valence-corrected chi connectivity index (χ2v) is 11.1. The van der Waals surface area contributed by atoms with E-state index in [0.29, 0.717) is 37.8 Å². The SMILES string of the molecule is CC(C)(C1CCN(C2=NCC(C(F)(F)F)C=C2)CC1)S(=O)(=O)c1cccc(C(F)(F)F)c1. The number of hydrogen-bond acceptors (Lipinski definition) is 4. The molecule has 1 saturated heterocycles. The van der Waals surface area contributed by atoms with Gasteiger partial charge < -0.3 is 4.90 Å². The second kappa shape index (κ2) is 8.39. The Bertz CT molecular complexity index is 1000. The van der Waals surface area contributed by atoms with E-state index in [0.717, 1.165) is 18.2 Å². The standard InChI is InChI=1S/C21H24F6N2O2S/c1-19(2,32(30,31)17-5-3-4-15(12-17)20(22,23)24)14-8-10-29(11-9-14)18-7-6-16(13-28-18)21(25,26)27/h3-7,12,14,16H,8-11,13H2,1-2H3. The number of piperidine rings is 1. The van der Waals surface area contributed by atoms with Gasteiger partial charge in [0.15, 0.2) is 9.84 Å². The highest BCUT2D eigenvalue weighted by Crippen LogP contribution is 2.40. The molecular weight excluding hydrogens is 458 g/mol. The van der Waals surface area contributed by atoms with Crippen molar-refractivity contribution in [2.75, 3.05) is 19.6 Å². The minimum atomic E-state index is -4.65. The summed E-state index contributed by atoms with van der Waals surface area (Å²) in [6.07, 6.45) is -5.74. The number of sulfone groups is 1. The molecular formula is C21H24F6N2O2S. The van der Waals surface area contributed by atoms with Crippen LogP contribution in [0.3, 0.4) is 0 Å². The number of benzene rings is 1. The summed E-state index contributed by atoms with van der Waals surface area (Å²) < 4.78 is 103. The summed E-state index contributed by atoms with van der Waals surface area (Å²) >= 11 is 0. The van der Waals surface area contributed by atoms with Gasteiger partial charge in [0.1, 0.15) is 5.84 Å². The lowest BCUT2D eigenvalue weighted by Gasteiger charge is -2.41. The topological polar surface area (TPSA) is 49.7 Å². The average molecular weight is 482 g/mol. The lowest BCUT2D eigenvalue weighted by atomic mass is 9.85. The molecule has 0 N–H and O–H groups in total. The first-order valence-corrected chi connectivity index (χ1v) is 11.6. The summed E-state index contributed by atoms with van der Waals surface area (Å²) in [5.41, 5.74) is -1.02. The molecule has 2 aliphatic heterocycles. The van der Waals surface area contributed by atoms with E-state index in [1.165, 1.54) is 26.0 Å². The summed E-state index contributed by atoms with van der Waals surface area (Å²) in [4.78, 5) is 5.46. The number of halogens is 6. The molecule has 0 spiro atoms. The maximum Gasteiger partial charge on any atom is 0.416 e. The molecule has 2 heterocycles. The van der Waals surface area contributed by atoms with Crippen molar-refractivity contribution in [2.24, 2.45) is 16.8 Å². The Hall–Kier alpha value is -2.04. The minimum absolute atomic E-state index is 0.339. The number of likely N-dealkylation sites (tertiary alicyclic amines) is 1. The lowest BCUT2D eigenvalue weighted by Crippen LogP contribution is -2.47. The van der Waals surface area contributed by atoms with E-state index in [1.807, 2.05) is 4.90 Å². The van der Waals surface area contributed by atoms with Gasteiger partial charge in [-0.15, -0.1) is 0 Å². The fourth-order valence-corrected chi connectivity index (χ4v) is 5.91. The Morgan fingerprint density at radius 1 is 1.03 bits per heavy atom. The van der Waals surface area contributed by atoms with E-state index in [1.54, 1.807) is 0 Å². The number of alkyl halides is 6. The van der Waals surface area contributed by atoms with E-state index >= 15 is 0 Å². The van der Waals surface area contributed by atoms with Crippen molar-refractivity contribution in [2.45, 2.75) is 48.7 Å². The summed E-state index contributed by atoms with van der Waals surface area (Å²) in [7, 11) is -4.07. The Labute approximate surface area is 182 Å². The summed E-state index contributed by atoms with van der Waals surface area (Å²) in [5.74, 6) is -1.52. The van der Waals surface area contributed by atoms with Crippen LogP contribution in [0, 0.1) is 11.8 Å². The Balaban J connectivity index is 1.71. The van der Waals surface area contributed by atoms with Crippen molar-refractivity contribution in [1.29, 1.82) is 0 Å². The summed E-state index contributed by atoms with van der Waals surface area (Å²) in [6, 6.07) is 3.73. The van der Waals surface area contributed by atoms with Crippen LogP contribution < -0.4 is 0 Å². The van der Waals surface area contributed by atoms with Crippen molar-refractivity contribution in [3.8, 4) is 0 Å². The van der Waals surface area contributed by atoms with Crippen molar-refractivity contribution >= 4 is 15.7 Å². The Morgan fingerprint density at radius 3 is 2.16 bits per heavy atom. The number of aliphatic imine (C=N–C) groups is 1. The first-order chi connectivity index (χ1) is 14.6. The zero-order chi connectivity index (χ0) is 23.9. The fourth-order valence-electron chi connectivity index (χ4n) is 4.09. The molecule has 0 bridgehead atoms. The lowest BCUT2D eigenvalue weighted by molar-refractivity contribution is -0.158. The van der Waals surface area contributed by atoms with Gasteiger partial charge in [0, 0.05) is 13.1 Å². The van der Waals surface area contributed by atoms with Crippen molar-refractivity contribution in [3.05, 3.63) is 42.0 Å². The quantitative estimate of drug-likeness (QED) is 0.563. The molecule has 32 heavy (non-hydrogen) atoms. The fraction of sp³-hybridized carbons (Fsp3) is 0.571.